The fourth-order valence-corrected chi connectivity index (χ4v) is 1.13. The van der Waals surface area contributed by atoms with Crippen LogP contribution in [0.5, 0.6) is 0 Å². The van der Waals surface area contributed by atoms with Crippen LogP contribution in [0.3, 0.4) is 0 Å². The number of carboxylic acid groups (broad SMARTS) is 1. The first-order valence-electron chi connectivity index (χ1n) is 3.62. The van der Waals surface area contributed by atoms with E-state index in [1.54, 1.807) is 0 Å². The number of nitrogens with one attached hydrogen (secondary N) is 1. The van der Waals surface area contributed by atoms with Crippen molar-refractivity contribution in [1.82, 2.24) is 9.97 Å². The van der Waals surface area contributed by atoms with Gasteiger partial charge in [-0.3, -0.25) is 0 Å². The fourth-order valence-electron chi connectivity index (χ4n) is 0.895. The monoisotopic (exact) mass is 188 g/mol. The molecule has 0 spiro atoms. The molecule has 0 saturated carbocycles. The zero-order valence-electron chi connectivity index (χ0n) is 6.59. The first-order chi connectivity index (χ1) is 5.65. The smallest absolute Gasteiger partial charge is 0.355 e. The van der Waals surface area contributed by atoms with Crippen LogP contribution in [-0.4, -0.2) is 21.0 Å². The molecule has 66 valence electrons. The Morgan fingerprint density at radius 1 is 1.75 bits per heavy atom. The Kier molecular flexibility index (Phi) is 2.70. The topological polar surface area (TPSA) is 66.0 Å². The summed E-state index contributed by atoms with van der Waals surface area (Å²) in [7, 11) is 0. The molecule has 0 saturated heterocycles. The lowest BCUT2D eigenvalue weighted by Gasteiger charge is -1.88. The normalized spacial score (nSPS) is 10.2. The number of carbonyl (C=O) groups is 1. The van der Waals surface area contributed by atoms with Crippen molar-refractivity contribution in [3.63, 3.8) is 0 Å². The van der Waals surface area contributed by atoms with Crippen molar-refractivity contribution in [3.8, 4) is 0 Å². The molecule has 2 N–H and O–H groups in total. The SMILES string of the molecule is CCCc1nc(Cl)c(C(=O)O)[nH]1. The van der Waals surface area contributed by atoms with E-state index >= 15 is 0 Å². The van der Waals surface area contributed by atoms with Gasteiger partial charge in [0.1, 0.15) is 5.82 Å². The second-order valence-corrected chi connectivity index (χ2v) is 2.76. The lowest BCUT2D eigenvalue weighted by molar-refractivity contribution is 0.0691. The van der Waals surface area contributed by atoms with Gasteiger partial charge in [0.2, 0.25) is 0 Å². The fraction of sp³-hybridized carbons (Fsp3) is 0.429. The Hall–Kier alpha value is -1.03. The molecule has 1 aromatic rings. The summed E-state index contributed by atoms with van der Waals surface area (Å²) in [6.07, 6.45) is 1.62. The summed E-state index contributed by atoms with van der Waals surface area (Å²) in [4.78, 5) is 17.0. The zero-order chi connectivity index (χ0) is 9.14. The summed E-state index contributed by atoms with van der Waals surface area (Å²) < 4.78 is 0. The third-order valence-electron chi connectivity index (χ3n) is 1.41. The number of nitrogens with zero attached hydrogens (tertiary/aromatic N) is 1. The van der Waals surface area contributed by atoms with E-state index in [1.165, 1.54) is 0 Å². The van der Waals surface area contributed by atoms with Gasteiger partial charge in [0.25, 0.3) is 0 Å². The van der Waals surface area contributed by atoms with E-state index in [2.05, 4.69) is 9.97 Å². The van der Waals surface area contributed by atoms with Gasteiger partial charge in [-0.25, -0.2) is 9.78 Å². The van der Waals surface area contributed by atoms with Crippen LogP contribution in [0.2, 0.25) is 5.15 Å². The number of halogens is 1. The van der Waals surface area contributed by atoms with Gasteiger partial charge in [0, 0.05) is 6.42 Å². The summed E-state index contributed by atoms with van der Waals surface area (Å²) in [6.45, 7) is 1.98. The van der Waals surface area contributed by atoms with E-state index in [0.29, 0.717) is 12.2 Å². The largest absolute Gasteiger partial charge is 0.476 e. The Morgan fingerprint density at radius 3 is 2.83 bits per heavy atom. The molecule has 5 heteroatoms. The van der Waals surface area contributed by atoms with Crippen LogP contribution in [0.15, 0.2) is 0 Å². The minimum absolute atomic E-state index is 0.0277. The highest BCUT2D eigenvalue weighted by Gasteiger charge is 2.13. The number of H-pyrrole nitrogens is 1. The highest BCUT2D eigenvalue weighted by molar-refractivity contribution is 6.32. The van der Waals surface area contributed by atoms with Crippen LogP contribution >= 0.6 is 11.6 Å². The second-order valence-electron chi connectivity index (χ2n) is 2.40. The molecule has 0 fully saturated rings. The molecule has 1 heterocycles. The van der Waals surface area contributed by atoms with Crippen LogP contribution in [0.25, 0.3) is 0 Å². The van der Waals surface area contributed by atoms with Crippen LogP contribution < -0.4 is 0 Å². The van der Waals surface area contributed by atoms with Gasteiger partial charge in [0.15, 0.2) is 10.8 Å². The van der Waals surface area contributed by atoms with Crippen molar-refractivity contribution < 1.29 is 9.90 Å². The highest BCUT2D eigenvalue weighted by atomic mass is 35.5. The molecule has 12 heavy (non-hydrogen) atoms. The first-order valence-corrected chi connectivity index (χ1v) is 4.00. The lowest BCUT2D eigenvalue weighted by atomic mass is 10.3. The van der Waals surface area contributed by atoms with Crippen LogP contribution in [0.4, 0.5) is 0 Å². The Labute approximate surface area is 74.6 Å². The molecule has 1 rings (SSSR count). The number of carboxylic acids is 1. The minimum atomic E-state index is -1.07. The maximum absolute atomic E-state index is 10.5. The Morgan fingerprint density at radius 2 is 2.42 bits per heavy atom. The van der Waals surface area contributed by atoms with E-state index in [4.69, 9.17) is 16.7 Å². The molecular formula is C7H9ClN2O2. The number of hydrogen-bond acceptors (Lipinski definition) is 2. The van der Waals surface area contributed by atoms with Crippen molar-refractivity contribution in [3.05, 3.63) is 16.7 Å². The average molecular weight is 189 g/mol. The van der Waals surface area contributed by atoms with E-state index in [0.717, 1.165) is 6.42 Å². The van der Waals surface area contributed by atoms with Gasteiger partial charge >= 0.3 is 5.97 Å². The highest BCUT2D eigenvalue weighted by Crippen LogP contribution is 2.13. The van der Waals surface area contributed by atoms with Crippen molar-refractivity contribution in [2.24, 2.45) is 0 Å². The van der Waals surface area contributed by atoms with Crippen LogP contribution in [-0.2, 0) is 6.42 Å². The standard InChI is InChI=1S/C7H9ClN2O2/c1-2-3-4-9-5(7(11)12)6(8)10-4/h2-3H2,1H3,(H,9,10)(H,11,12). The van der Waals surface area contributed by atoms with Crippen molar-refractivity contribution in [2.45, 2.75) is 19.8 Å². The van der Waals surface area contributed by atoms with E-state index in [-0.39, 0.29) is 10.8 Å². The molecule has 0 amide bonds. The Bertz CT molecular complexity index is 296. The first kappa shape index (κ1) is 9.06. The van der Waals surface area contributed by atoms with Crippen molar-refractivity contribution >= 4 is 17.6 Å². The molecular weight excluding hydrogens is 180 g/mol. The van der Waals surface area contributed by atoms with Gasteiger partial charge in [-0.05, 0) is 6.42 Å². The van der Waals surface area contributed by atoms with Gasteiger partial charge in [-0.1, -0.05) is 18.5 Å². The molecule has 0 unspecified atom stereocenters. The maximum Gasteiger partial charge on any atom is 0.355 e. The van der Waals surface area contributed by atoms with Gasteiger partial charge in [-0.15, -0.1) is 0 Å². The molecule has 1 aromatic heterocycles. The summed E-state index contributed by atoms with van der Waals surface area (Å²) >= 11 is 5.55. The molecule has 0 atom stereocenters. The third kappa shape index (κ3) is 1.76. The van der Waals surface area contributed by atoms with Gasteiger partial charge in [0.05, 0.1) is 0 Å². The molecule has 0 aliphatic carbocycles. The number of imidazole rings is 1. The summed E-state index contributed by atoms with van der Waals surface area (Å²) in [6, 6.07) is 0. The molecule has 4 nitrogen and oxygen atoms in total. The van der Waals surface area contributed by atoms with Crippen molar-refractivity contribution in [2.75, 3.05) is 0 Å². The van der Waals surface area contributed by atoms with E-state index < -0.39 is 5.97 Å². The zero-order valence-corrected chi connectivity index (χ0v) is 7.35. The Balaban J connectivity index is 2.92. The number of aromatic amines is 1. The predicted octanol–water partition coefficient (Wildman–Crippen LogP) is 1.71. The van der Waals surface area contributed by atoms with Crippen molar-refractivity contribution in [1.29, 1.82) is 0 Å². The maximum atomic E-state index is 10.5. The quantitative estimate of drug-likeness (QED) is 0.759. The van der Waals surface area contributed by atoms with Crippen LogP contribution in [0.1, 0.15) is 29.7 Å². The molecule has 0 aromatic carbocycles. The summed E-state index contributed by atoms with van der Waals surface area (Å²) in [5.41, 5.74) is -0.0277. The molecule has 0 bridgehead atoms. The lowest BCUT2D eigenvalue weighted by Crippen LogP contribution is -1.97. The number of rotatable bonds is 3. The molecule has 0 aliphatic rings. The number of aromatic nitrogens is 2. The molecule has 0 aliphatic heterocycles. The summed E-state index contributed by atoms with van der Waals surface area (Å²) in [5.74, 6) is -0.449. The third-order valence-corrected chi connectivity index (χ3v) is 1.68. The second kappa shape index (κ2) is 3.58. The average Bonchev–Trinajstić information content (AvgIpc) is 2.32. The van der Waals surface area contributed by atoms with E-state index in [1.807, 2.05) is 6.92 Å². The van der Waals surface area contributed by atoms with Gasteiger partial charge < -0.3 is 10.1 Å². The summed E-state index contributed by atoms with van der Waals surface area (Å²) in [5, 5.41) is 8.62. The van der Waals surface area contributed by atoms with Crippen LogP contribution in [0, 0.1) is 0 Å². The number of aryl methyl sites for hydroxylation is 1. The molecule has 0 radical (unpaired) electrons. The minimum Gasteiger partial charge on any atom is -0.476 e. The predicted molar refractivity (Wildman–Crippen MR) is 44.6 cm³/mol. The van der Waals surface area contributed by atoms with Gasteiger partial charge in [-0.2, -0.15) is 0 Å². The number of hydrogen-bond donors (Lipinski definition) is 2. The number of aromatic carboxylic acids is 1. The van der Waals surface area contributed by atoms with E-state index in [9.17, 15) is 4.79 Å².